The molecular formula is C17H26N2O4. The van der Waals surface area contributed by atoms with E-state index in [0.29, 0.717) is 31.8 Å². The topological polar surface area (TPSA) is 73.2 Å². The molecule has 2 N–H and O–H groups in total. The molecule has 1 aromatic carbocycles. The molecule has 1 fully saturated rings. The van der Waals surface area contributed by atoms with E-state index in [9.17, 15) is 9.90 Å². The smallest absolute Gasteiger partial charge is 0.253 e. The molecule has 128 valence electrons. The summed E-state index contributed by atoms with van der Waals surface area (Å²) in [5, 5.41) is 19.2. The minimum Gasteiger partial charge on any atom is -0.392 e. The lowest BCUT2D eigenvalue weighted by Crippen LogP contribution is -2.37. The number of ether oxygens (including phenoxy) is 1. The molecule has 0 aromatic heterocycles. The third-order valence-corrected chi connectivity index (χ3v) is 4.08. The Labute approximate surface area is 137 Å². The number of aliphatic hydroxyl groups is 2. The molecule has 1 aliphatic rings. The molecule has 1 aromatic rings. The molecule has 23 heavy (non-hydrogen) atoms. The highest BCUT2D eigenvalue weighted by Gasteiger charge is 2.24. The highest BCUT2D eigenvalue weighted by Crippen LogP contribution is 2.11. The van der Waals surface area contributed by atoms with Gasteiger partial charge >= 0.3 is 0 Å². The van der Waals surface area contributed by atoms with Crippen LogP contribution in [0.1, 0.15) is 22.3 Å². The van der Waals surface area contributed by atoms with E-state index < -0.39 is 6.10 Å². The average Bonchev–Trinajstić information content (AvgIpc) is 2.76. The molecule has 0 saturated carbocycles. The van der Waals surface area contributed by atoms with Gasteiger partial charge in [-0.3, -0.25) is 9.69 Å². The maximum atomic E-state index is 12.6. The number of carbonyl (C=O) groups excluding carboxylic acids is 1. The van der Waals surface area contributed by atoms with Gasteiger partial charge in [-0.1, -0.05) is 12.1 Å². The summed E-state index contributed by atoms with van der Waals surface area (Å²) in [6, 6.07) is 6.94. The number of amides is 1. The van der Waals surface area contributed by atoms with E-state index in [-0.39, 0.29) is 12.5 Å². The number of rotatable bonds is 6. The number of benzene rings is 1. The summed E-state index contributed by atoms with van der Waals surface area (Å²) in [5.74, 6) is -0.0766. The number of hydrogen-bond acceptors (Lipinski definition) is 5. The molecule has 0 aliphatic carbocycles. The fraction of sp³-hybridized carbons (Fsp3) is 0.588. The summed E-state index contributed by atoms with van der Waals surface area (Å²) in [5.41, 5.74) is 1.36. The number of methoxy groups -OCH3 is 1. The van der Waals surface area contributed by atoms with Crippen molar-refractivity contribution in [2.24, 2.45) is 0 Å². The van der Waals surface area contributed by atoms with Gasteiger partial charge in [0.05, 0.1) is 12.7 Å². The van der Waals surface area contributed by atoms with Crippen LogP contribution in [0.2, 0.25) is 0 Å². The van der Waals surface area contributed by atoms with Gasteiger partial charge in [-0.15, -0.1) is 0 Å². The van der Waals surface area contributed by atoms with Crippen LogP contribution in [0, 0.1) is 0 Å². The van der Waals surface area contributed by atoms with Crippen molar-refractivity contribution in [3.05, 3.63) is 35.4 Å². The molecule has 0 bridgehead atoms. The normalized spacial score (nSPS) is 19.6. The summed E-state index contributed by atoms with van der Waals surface area (Å²) in [6.07, 6.45) is 0.375. The predicted molar refractivity (Wildman–Crippen MR) is 87.2 cm³/mol. The van der Waals surface area contributed by atoms with Crippen LogP contribution in [0.4, 0.5) is 0 Å². The van der Waals surface area contributed by atoms with Gasteiger partial charge in [0.1, 0.15) is 0 Å². The van der Waals surface area contributed by atoms with Crippen LogP contribution in [0.5, 0.6) is 0 Å². The Bertz CT molecular complexity index is 492. The van der Waals surface area contributed by atoms with Gasteiger partial charge in [-0.25, -0.2) is 0 Å². The first-order valence-electron chi connectivity index (χ1n) is 8.02. The van der Waals surface area contributed by atoms with Gasteiger partial charge in [-0.2, -0.15) is 0 Å². The molecule has 6 heteroatoms. The molecular weight excluding hydrogens is 296 g/mol. The van der Waals surface area contributed by atoms with Crippen LogP contribution in [0.25, 0.3) is 0 Å². The van der Waals surface area contributed by atoms with Gasteiger partial charge in [0, 0.05) is 52.0 Å². The Kier molecular flexibility index (Phi) is 6.98. The van der Waals surface area contributed by atoms with Crippen LogP contribution in [0.3, 0.4) is 0 Å². The molecule has 6 nitrogen and oxygen atoms in total. The molecule has 1 amide bonds. The summed E-state index contributed by atoms with van der Waals surface area (Å²) >= 11 is 0. The monoisotopic (exact) mass is 322 g/mol. The lowest BCUT2D eigenvalue weighted by Gasteiger charge is -2.22. The third-order valence-electron chi connectivity index (χ3n) is 4.08. The minimum absolute atomic E-state index is 0.0344. The Morgan fingerprint density at radius 2 is 2.00 bits per heavy atom. The first-order valence-corrected chi connectivity index (χ1v) is 8.02. The zero-order chi connectivity index (χ0) is 16.7. The quantitative estimate of drug-likeness (QED) is 0.739. The van der Waals surface area contributed by atoms with Gasteiger partial charge in [0.2, 0.25) is 0 Å². The van der Waals surface area contributed by atoms with Crippen molar-refractivity contribution in [3.63, 3.8) is 0 Å². The molecule has 0 radical (unpaired) electrons. The Morgan fingerprint density at radius 3 is 2.65 bits per heavy atom. The van der Waals surface area contributed by atoms with Crippen molar-refractivity contribution in [2.45, 2.75) is 19.1 Å². The van der Waals surface area contributed by atoms with Crippen molar-refractivity contribution < 1.29 is 19.7 Å². The van der Waals surface area contributed by atoms with E-state index in [1.54, 1.807) is 36.3 Å². The number of hydrogen-bond donors (Lipinski definition) is 2. The van der Waals surface area contributed by atoms with Crippen molar-refractivity contribution in [3.8, 4) is 0 Å². The van der Waals surface area contributed by atoms with Crippen molar-refractivity contribution >= 4 is 5.91 Å². The lowest BCUT2D eigenvalue weighted by molar-refractivity contribution is 0.0662. The molecule has 0 spiro atoms. The molecule has 1 heterocycles. The lowest BCUT2D eigenvalue weighted by atomic mass is 10.1. The van der Waals surface area contributed by atoms with E-state index in [1.165, 1.54) is 0 Å². The molecule has 1 aliphatic heterocycles. The van der Waals surface area contributed by atoms with Crippen LogP contribution in [0.15, 0.2) is 24.3 Å². The maximum Gasteiger partial charge on any atom is 0.253 e. The van der Waals surface area contributed by atoms with E-state index in [0.717, 1.165) is 25.1 Å². The second-order valence-electron chi connectivity index (χ2n) is 5.91. The Morgan fingerprint density at radius 1 is 1.26 bits per heavy atom. The first kappa shape index (κ1) is 17.9. The highest BCUT2D eigenvalue weighted by molar-refractivity contribution is 5.94. The average molecular weight is 322 g/mol. The zero-order valence-electron chi connectivity index (χ0n) is 13.6. The van der Waals surface area contributed by atoms with Crippen LogP contribution in [-0.2, 0) is 11.3 Å². The number of nitrogens with zero attached hydrogens (tertiary/aromatic N) is 2. The maximum absolute atomic E-state index is 12.6. The summed E-state index contributed by atoms with van der Waals surface area (Å²) in [6.45, 7) is 3.81. The zero-order valence-corrected chi connectivity index (χ0v) is 13.6. The third kappa shape index (κ3) is 5.28. The predicted octanol–water partition coefficient (Wildman–Crippen LogP) is 0.334. The first-order chi connectivity index (χ1) is 11.1. The fourth-order valence-electron chi connectivity index (χ4n) is 2.81. The molecule has 1 saturated heterocycles. The van der Waals surface area contributed by atoms with Crippen LogP contribution < -0.4 is 0 Å². The largest absolute Gasteiger partial charge is 0.392 e. The van der Waals surface area contributed by atoms with Gasteiger partial charge < -0.3 is 19.8 Å². The standard InChI is InChI=1S/C17H26N2O4/c1-23-10-2-7-18-8-9-19(12-16(21)11-18)17(22)15-5-3-14(13-20)4-6-15/h3-6,16,20-21H,2,7-13H2,1H3/t16-/m1/s1. The summed E-state index contributed by atoms with van der Waals surface area (Å²) < 4.78 is 5.06. The van der Waals surface area contributed by atoms with Gasteiger partial charge in [0.25, 0.3) is 5.91 Å². The van der Waals surface area contributed by atoms with E-state index in [4.69, 9.17) is 9.84 Å². The Balaban J connectivity index is 1.95. The van der Waals surface area contributed by atoms with Gasteiger partial charge in [0.15, 0.2) is 0 Å². The van der Waals surface area contributed by atoms with Crippen LogP contribution >= 0.6 is 0 Å². The second-order valence-corrected chi connectivity index (χ2v) is 5.91. The van der Waals surface area contributed by atoms with E-state index >= 15 is 0 Å². The van der Waals surface area contributed by atoms with Crippen LogP contribution in [-0.4, -0.2) is 78.5 Å². The Hall–Kier alpha value is -1.47. The van der Waals surface area contributed by atoms with Crippen molar-refractivity contribution in [1.29, 1.82) is 0 Å². The fourth-order valence-corrected chi connectivity index (χ4v) is 2.81. The second kappa shape index (κ2) is 8.98. The summed E-state index contributed by atoms with van der Waals surface area (Å²) in [7, 11) is 1.68. The molecule has 0 unspecified atom stereocenters. The van der Waals surface area contributed by atoms with Gasteiger partial charge in [-0.05, 0) is 24.1 Å². The summed E-state index contributed by atoms with van der Waals surface area (Å²) in [4.78, 5) is 16.5. The van der Waals surface area contributed by atoms with Crippen molar-refractivity contribution in [1.82, 2.24) is 9.80 Å². The number of aliphatic hydroxyl groups excluding tert-OH is 2. The highest BCUT2D eigenvalue weighted by atomic mass is 16.5. The van der Waals surface area contributed by atoms with Crippen molar-refractivity contribution in [2.75, 3.05) is 46.4 Å². The minimum atomic E-state index is -0.541. The van der Waals surface area contributed by atoms with E-state index in [2.05, 4.69) is 4.90 Å². The molecule has 2 rings (SSSR count). The molecule has 1 atom stereocenters. The van der Waals surface area contributed by atoms with E-state index in [1.807, 2.05) is 0 Å². The number of β-amino-alcohol motifs (C(OH)–C–C–N with tert-alkyl or cyclic N) is 1. The SMILES string of the molecule is COCCCN1CCN(C(=O)c2ccc(CO)cc2)C[C@H](O)C1. The number of carbonyl (C=O) groups is 1.